The standard InChI is InChI=1S/C19H21N3O/c1-14(2)13-18(22-11-3-4-12-22)19(23)21-17-9-5-8-16-15(17)7-6-10-20-16/h3-12,14,18H,13H2,1-2H3,(H,21,23)/t18-/m0/s1. The Morgan fingerprint density at radius 1 is 1.13 bits per heavy atom. The number of fused-ring (bicyclic) bond motifs is 1. The van der Waals surface area contributed by atoms with E-state index in [9.17, 15) is 4.79 Å². The molecule has 0 spiro atoms. The van der Waals surface area contributed by atoms with Crippen molar-refractivity contribution in [1.29, 1.82) is 0 Å². The lowest BCUT2D eigenvalue weighted by Gasteiger charge is -2.21. The van der Waals surface area contributed by atoms with Gasteiger partial charge in [0.1, 0.15) is 6.04 Å². The van der Waals surface area contributed by atoms with Crippen molar-refractivity contribution >= 4 is 22.5 Å². The number of hydrogen-bond donors (Lipinski definition) is 1. The van der Waals surface area contributed by atoms with Gasteiger partial charge in [0.15, 0.2) is 0 Å². The molecule has 0 aliphatic heterocycles. The minimum Gasteiger partial charge on any atom is -0.342 e. The SMILES string of the molecule is CC(C)C[C@@H](C(=O)Nc1cccc2ncccc12)n1cccc1. The van der Waals surface area contributed by atoms with Crippen LogP contribution in [0, 0.1) is 5.92 Å². The summed E-state index contributed by atoms with van der Waals surface area (Å²) in [5.74, 6) is 0.439. The fourth-order valence-electron chi connectivity index (χ4n) is 2.79. The molecule has 3 aromatic rings. The third kappa shape index (κ3) is 3.42. The van der Waals surface area contributed by atoms with Gasteiger partial charge in [-0.2, -0.15) is 0 Å². The number of nitrogens with one attached hydrogen (secondary N) is 1. The summed E-state index contributed by atoms with van der Waals surface area (Å²) < 4.78 is 1.97. The summed E-state index contributed by atoms with van der Waals surface area (Å²) in [6.45, 7) is 4.26. The molecule has 0 radical (unpaired) electrons. The normalized spacial score (nSPS) is 12.5. The van der Waals surface area contributed by atoms with Gasteiger partial charge in [0.25, 0.3) is 0 Å². The monoisotopic (exact) mass is 307 g/mol. The maximum atomic E-state index is 12.8. The fraction of sp³-hybridized carbons (Fsp3) is 0.263. The van der Waals surface area contributed by atoms with E-state index in [2.05, 4.69) is 24.1 Å². The Morgan fingerprint density at radius 2 is 1.91 bits per heavy atom. The molecule has 0 unspecified atom stereocenters. The summed E-state index contributed by atoms with van der Waals surface area (Å²) in [5, 5.41) is 4.04. The van der Waals surface area contributed by atoms with Crippen LogP contribution >= 0.6 is 0 Å². The molecule has 1 atom stereocenters. The third-order valence-corrected chi connectivity index (χ3v) is 3.89. The lowest BCUT2D eigenvalue weighted by Crippen LogP contribution is -2.26. The Bertz CT molecular complexity index is 788. The van der Waals surface area contributed by atoms with Crippen LogP contribution < -0.4 is 5.32 Å². The fourth-order valence-corrected chi connectivity index (χ4v) is 2.79. The van der Waals surface area contributed by atoms with E-state index < -0.39 is 0 Å². The Hall–Kier alpha value is -2.62. The maximum Gasteiger partial charge on any atom is 0.247 e. The molecule has 2 aromatic heterocycles. The Labute approximate surface area is 136 Å². The van der Waals surface area contributed by atoms with E-state index in [0.717, 1.165) is 23.0 Å². The van der Waals surface area contributed by atoms with Crippen LogP contribution in [-0.4, -0.2) is 15.5 Å². The van der Waals surface area contributed by atoms with Crippen LogP contribution in [0.4, 0.5) is 5.69 Å². The van der Waals surface area contributed by atoms with E-state index in [-0.39, 0.29) is 11.9 Å². The summed E-state index contributed by atoms with van der Waals surface area (Å²) >= 11 is 0. The summed E-state index contributed by atoms with van der Waals surface area (Å²) in [5.41, 5.74) is 1.69. The highest BCUT2D eigenvalue weighted by molar-refractivity contribution is 6.02. The van der Waals surface area contributed by atoms with Crippen molar-refractivity contribution in [2.45, 2.75) is 26.3 Å². The summed E-state index contributed by atoms with van der Waals surface area (Å²) in [6, 6.07) is 13.3. The average Bonchev–Trinajstić information content (AvgIpc) is 3.07. The number of aromatic nitrogens is 2. The number of amides is 1. The molecule has 0 fully saturated rings. The van der Waals surface area contributed by atoms with Gasteiger partial charge in [-0.3, -0.25) is 9.78 Å². The van der Waals surface area contributed by atoms with Gasteiger partial charge in [0, 0.05) is 24.0 Å². The van der Waals surface area contributed by atoms with Gasteiger partial charge in [-0.05, 0) is 48.7 Å². The molecule has 118 valence electrons. The number of carbonyl (C=O) groups excluding carboxylic acids is 1. The molecule has 0 saturated carbocycles. The van der Waals surface area contributed by atoms with E-state index >= 15 is 0 Å². The van der Waals surface area contributed by atoms with Crippen LogP contribution in [-0.2, 0) is 4.79 Å². The first-order chi connectivity index (χ1) is 11.1. The lowest BCUT2D eigenvalue weighted by atomic mass is 10.0. The molecule has 1 amide bonds. The molecule has 3 rings (SSSR count). The van der Waals surface area contributed by atoms with Crippen molar-refractivity contribution < 1.29 is 4.79 Å². The van der Waals surface area contributed by atoms with Gasteiger partial charge < -0.3 is 9.88 Å². The molecule has 0 aliphatic rings. The van der Waals surface area contributed by atoms with E-state index in [4.69, 9.17) is 0 Å². The van der Waals surface area contributed by atoms with E-state index in [1.165, 1.54) is 0 Å². The first-order valence-electron chi connectivity index (χ1n) is 7.92. The quantitative estimate of drug-likeness (QED) is 0.765. The van der Waals surface area contributed by atoms with Crippen molar-refractivity contribution in [3.05, 3.63) is 61.1 Å². The van der Waals surface area contributed by atoms with Crippen LogP contribution in [0.3, 0.4) is 0 Å². The first kappa shape index (κ1) is 15.3. The molecule has 0 bridgehead atoms. The Balaban J connectivity index is 1.89. The van der Waals surface area contributed by atoms with Gasteiger partial charge in [-0.1, -0.05) is 19.9 Å². The molecule has 4 heteroatoms. The second-order valence-corrected chi connectivity index (χ2v) is 6.14. The summed E-state index contributed by atoms with van der Waals surface area (Å²) in [4.78, 5) is 17.2. The summed E-state index contributed by atoms with van der Waals surface area (Å²) in [7, 11) is 0. The highest BCUT2D eigenvalue weighted by Gasteiger charge is 2.21. The van der Waals surface area contributed by atoms with Gasteiger partial charge in [0.05, 0.1) is 11.2 Å². The van der Waals surface area contributed by atoms with Crippen molar-refractivity contribution in [3.63, 3.8) is 0 Å². The molecule has 2 heterocycles. The van der Waals surface area contributed by atoms with Crippen LogP contribution in [0.2, 0.25) is 0 Å². The predicted molar refractivity (Wildman–Crippen MR) is 93.3 cm³/mol. The molecule has 0 aliphatic carbocycles. The molecular formula is C19H21N3O. The first-order valence-corrected chi connectivity index (χ1v) is 7.92. The zero-order valence-electron chi connectivity index (χ0n) is 13.4. The van der Waals surface area contributed by atoms with Crippen LogP contribution in [0.15, 0.2) is 61.1 Å². The highest BCUT2D eigenvalue weighted by Crippen LogP contribution is 2.24. The largest absolute Gasteiger partial charge is 0.342 e. The topological polar surface area (TPSA) is 46.9 Å². The molecule has 0 saturated heterocycles. The van der Waals surface area contributed by atoms with E-state index in [1.54, 1.807) is 6.20 Å². The number of hydrogen-bond acceptors (Lipinski definition) is 2. The van der Waals surface area contributed by atoms with Crippen molar-refractivity contribution in [2.24, 2.45) is 5.92 Å². The molecule has 1 N–H and O–H groups in total. The van der Waals surface area contributed by atoms with Gasteiger partial charge in [-0.15, -0.1) is 0 Å². The minimum atomic E-state index is -0.211. The Kier molecular flexibility index (Phi) is 4.42. The summed E-state index contributed by atoms with van der Waals surface area (Å²) in [6.07, 6.45) is 6.44. The van der Waals surface area contributed by atoms with Gasteiger partial charge in [0.2, 0.25) is 5.91 Å². The van der Waals surface area contributed by atoms with Crippen LogP contribution in [0.1, 0.15) is 26.3 Å². The predicted octanol–water partition coefficient (Wildman–Crippen LogP) is 4.26. The van der Waals surface area contributed by atoms with Gasteiger partial charge in [-0.25, -0.2) is 0 Å². The molecule has 1 aromatic carbocycles. The number of rotatable bonds is 5. The smallest absolute Gasteiger partial charge is 0.247 e. The second-order valence-electron chi connectivity index (χ2n) is 6.14. The lowest BCUT2D eigenvalue weighted by molar-refractivity contribution is -0.119. The van der Waals surface area contributed by atoms with Gasteiger partial charge >= 0.3 is 0 Å². The van der Waals surface area contributed by atoms with Crippen molar-refractivity contribution in [3.8, 4) is 0 Å². The maximum absolute atomic E-state index is 12.8. The highest BCUT2D eigenvalue weighted by atomic mass is 16.2. The second kappa shape index (κ2) is 6.65. The average molecular weight is 307 g/mol. The van der Waals surface area contributed by atoms with E-state index in [1.807, 2.05) is 59.4 Å². The zero-order chi connectivity index (χ0) is 16.2. The Morgan fingerprint density at radius 3 is 2.65 bits per heavy atom. The number of carbonyl (C=O) groups is 1. The minimum absolute atomic E-state index is 0.00579. The van der Waals surface area contributed by atoms with E-state index in [0.29, 0.717) is 5.92 Å². The van der Waals surface area contributed by atoms with Crippen LogP contribution in [0.25, 0.3) is 10.9 Å². The molecule has 23 heavy (non-hydrogen) atoms. The number of benzene rings is 1. The van der Waals surface area contributed by atoms with Crippen LogP contribution in [0.5, 0.6) is 0 Å². The molecule has 4 nitrogen and oxygen atoms in total. The zero-order valence-corrected chi connectivity index (χ0v) is 13.4. The molecular weight excluding hydrogens is 286 g/mol. The number of pyridine rings is 1. The van der Waals surface area contributed by atoms with Crippen molar-refractivity contribution in [1.82, 2.24) is 9.55 Å². The number of nitrogens with zero attached hydrogens (tertiary/aromatic N) is 2. The van der Waals surface area contributed by atoms with Crippen molar-refractivity contribution in [2.75, 3.05) is 5.32 Å². The third-order valence-electron chi connectivity index (χ3n) is 3.89. The number of anilines is 1.